The second kappa shape index (κ2) is 8.13. The van der Waals surface area contributed by atoms with Crippen LogP contribution in [0.3, 0.4) is 0 Å². The Morgan fingerprint density at radius 1 is 1.29 bits per heavy atom. The summed E-state index contributed by atoms with van der Waals surface area (Å²) in [6, 6.07) is 4.10. The van der Waals surface area contributed by atoms with Crippen LogP contribution in [0.1, 0.15) is 47.9 Å². The summed E-state index contributed by atoms with van der Waals surface area (Å²) in [5, 5.41) is 2.66. The predicted molar refractivity (Wildman–Crippen MR) is 94.4 cm³/mol. The highest BCUT2D eigenvalue weighted by atomic mass is 32.2. The van der Waals surface area contributed by atoms with Gasteiger partial charge in [0.25, 0.3) is 5.91 Å². The molecule has 7 nitrogen and oxygen atoms in total. The zero-order chi connectivity index (χ0) is 17.7. The number of piperidine rings is 1. The van der Waals surface area contributed by atoms with Crippen LogP contribution in [0.2, 0.25) is 0 Å². The Kier molecular flexibility index (Phi) is 6.42. The maximum absolute atomic E-state index is 11.9. The molecule has 1 fully saturated rings. The van der Waals surface area contributed by atoms with Gasteiger partial charge in [-0.05, 0) is 51.5 Å². The largest absolute Gasteiger partial charge is 0.354 e. The lowest BCUT2D eigenvalue weighted by Crippen LogP contribution is -2.36. The molecule has 136 valence electrons. The Bertz CT molecular complexity index is 669. The lowest BCUT2D eigenvalue weighted by atomic mass is 9.99. The summed E-state index contributed by atoms with van der Waals surface area (Å²) in [6.07, 6.45) is 3.91. The van der Waals surface area contributed by atoms with Crippen LogP contribution in [0.4, 0.5) is 0 Å². The molecule has 1 aliphatic rings. The third-order valence-corrected chi connectivity index (χ3v) is 6.19. The highest BCUT2D eigenvalue weighted by Gasteiger charge is 2.27. The van der Waals surface area contributed by atoms with Crippen LogP contribution in [-0.2, 0) is 17.1 Å². The molecule has 0 aromatic carbocycles. The van der Waals surface area contributed by atoms with E-state index in [1.165, 1.54) is 7.05 Å². The van der Waals surface area contributed by atoms with E-state index in [1.807, 2.05) is 23.7 Å². The highest BCUT2D eigenvalue weighted by Crippen LogP contribution is 2.31. The molecule has 0 radical (unpaired) electrons. The quantitative estimate of drug-likeness (QED) is 0.759. The molecule has 8 heteroatoms. The lowest BCUT2D eigenvalue weighted by Gasteiger charge is -2.36. The number of sulfonamides is 1. The van der Waals surface area contributed by atoms with E-state index >= 15 is 0 Å². The first-order valence-electron chi connectivity index (χ1n) is 8.42. The average molecular weight is 356 g/mol. The first-order chi connectivity index (χ1) is 11.4. The second-order valence-corrected chi connectivity index (χ2v) is 8.25. The lowest BCUT2D eigenvalue weighted by molar-refractivity contribution is 0.0952. The van der Waals surface area contributed by atoms with E-state index in [0.29, 0.717) is 12.1 Å². The molecular formula is C16H28N4O3S. The van der Waals surface area contributed by atoms with Crippen LogP contribution in [-0.4, -0.2) is 56.7 Å². The Morgan fingerprint density at radius 2 is 2.04 bits per heavy atom. The maximum Gasteiger partial charge on any atom is 0.267 e. The van der Waals surface area contributed by atoms with Crippen molar-refractivity contribution in [2.24, 2.45) is 7.05 Å². The van der Waals surface area contributed by atoms with Crippen LogP contribution in [0.25, 0.3) is 0 Å². The molecule has 0 spiro atoms. The van der Waals surface area contributed by atoms with Gasteiger partial charge in [-0.25, -0.2) is 13.1 Å². The maximum atomic E-state index is 11.9. The minimum atomic E-state index is -3.16. The average Bonchev–Trinajstić information content (AvgIpc) is 2.96. The molecular weight excluding hydrogens is 328 g/mol. The number of likely N-dealkylation sites (tertiary alicyclic amines) is 1. The van der Waals surface area contributed by atoms with Crippen molar-refractivity contribution in [3.63, 3.8) is 0 Å². The smallest absolute Gasteiger partial charge is 0.267 e. The topological polar surface area (TPSA) is 83.4 Å². The van der Waals surface area contributed by atoms with Crippen molar-refractivity contribution in [3.05, 3.63) is 23.5 Å². The number of carbonyl (C=O) groups excluding carboxylic acids is 1. The van der Waals surface area contributed by atoms with E-state index < -0.39 is 10.0 Å². The van der Waals surface area contributed by atoms with Crippen molar-refractivity contribution in [1.29, 1.82) is 0 Å². The molecule has 1 amide bonds. The van der Waals surface area contributed by atoms with E-state index in [1.54, 1.807) is 7.05 Å². The van der Waals surface area contributed by atoms with E-state index in [9.17, 15) is 13.2 Å². The number of nitrogens with zero attached hydrogens (tertiary/aromatic N) is 2. The van der Waals surface area contributed by atoms with Gasteiger partial charge in [-0.1, -0.05) is 6.42 Å². The van der Waals surface area contributed by atoms with E-state index in [0.717, 1.165) is 38.0 Å². The normalized spacial score (nSPS) is 19.4. The number of hydrogen-bond acceptors (Lipinski definition) is 4. The number of nitrogens with one attached hydrogen (secondary N) is 2. The van der Waals surface area contributed by atoms with Crippen LogP contribution in [0, 0.1) is 0 Å². The van der Waals surface area contributed by atoms with E-state index in [-0.39, 0.29) is 17.7 Å². The molecule has 0 unspecified atom stereocenters. The van der Waals surface area contributed by atoms with Crippen LogP contribution >= 0.6 is 0 Å². The molecule has 1 atom stereocenters. The van der Waals surface area contributed by atoms with Crippen molar-refractivity contribution < 1.29 is 13.2 Å². The van der Waals surface area contributed by atoms with E-state index in [2.05, 4.69) is 14.9 Å². The third kappa shape index (κ3) is 4.37. The Morgan fingerprint density at radius 3 is 2.71 bits per heavy atom. The first-order valence-corrected chi connectivity index (χ1v) is 10.1. The summed E-state index contributed by atoms with van der Waals surface area (Å²) < 4.78 is 27.5. The van der Waals surface area contributed by atoms with Crippen molar-refractivity contribution in [2.75, 3.05) is 32.9 Å². The molecule has 2 N–H and O–H groups in total. The third-order valence-electron chi connectivity index (χ3n) is 4.74. The molecule has 1 saturated heterocycles. The van der Waals surface area contributed by atoms with Crippen molar-refractivity contribution in [1.82, 2.24) is 19.5 Å². The Hall–Kier alpha value is -1.38. The van der Waals surface area contributed by atoms with Crippen molar-refractivity contribution in [3.8, 4) is 0 Å². The number of rotatable bonds is 7. The summed E-state index contributed by atoms with van der Waals surface area (Å²) in [5.41, 5.74) is 1.76. The van der Waals surface area contributed by atoms with Crippen molar-refractivity contribution >= 4 is 15.9 Å². The number of aromatic nitrogens is 1. The minimum Gasteiger partial charge on any atom is -0.354 e. The molecule has 0 aliphatic carbocycles. The van der Waals surface area contributed by atoms with Gasteiger partial charge in [-0.3, -0.25) is 9.69 Å². The van der Waals surface area contributed by atoms with E-state index in [4.69, 9.17) is 0 Å². The van der Waals surface area contributed by atoms with Gasteiger partial charge >= 0.3 is 0 Å². The first kappa shape index (κ1) is 19.0. The number of hydrogen-bond donors (Lipinski definition) is 2. The molecule has 24 heavy (non-hydrogen) atoms. The summed E-state index contributed by atoms with van der Waals surface area (Å²) in [4.78, 5) is 14.3. The Labute approximate surface area is 144 Å². The second-order valence-electron chi connectivity index (χ2n) is 6.21. The van der Waals surface area contributed by atoms with Crippen LogP contribution in [0.5, 0.6) is 0 Å². The van der Waals surface area contributed by atoms with Gasteiger partial charge in [0.15, 0.2) is 0 Å². The van der Waals surface area contributed by atoms with Crippen LogP contribution < -0.4 is 10.0 Å². The fourth-order valence-electron chi connectivity index (χ4n) is 3.37. The zero-order valence-corrected chi connectivity index (χ0v) is 15.5. The minimum absolute atomic E-state index is 0.0915. The molecule has 1 aromatic rings. The number of carbonyl (C=O) groups is 1. The number of amides is 1. The fraction of sp³-hybridized carbons (Fsp3) is 0.688. The summed E-state index contributed by atoms with van der Waals surface area (Å²) in [7, 11) is 1.84. The van der Waals surface area contributed by atoms with Gasteiger partial charge in [0.2, 0.25) is 10.0 Å². The molecule has 2 rings (SSSR count). The fourth-order valence-corrected chi connectivity index (χ4v) is 4.08. The zero-order valence-electron chi connectivity index (χ0n) is 14.7. The predicted octanol–water partition coefficient (Wildman–Crippen LogP) is 0.851. The molecule has 1 aromatic heterocycles. The SMILES string of the molecule is CNC(=O)c1ccc([C@@H]2CCCCN2CCCS(=O)(=O)NC)n1C. The molecule has 2 heterocycles. The van der Waals surface area contributed by atoms with Gasteiger partial charge < -0.3 is 9.88 Å². The standard InChI is InChI=1S/C16H28N4O3S/c1-17-16(21)15-9-8-13(19(15)3)14-7-4-5-10-20(14)11-6-12-24(22,23)18-2/h8-9,14,18H,4-7,10-12H2,1-3H3,(H,17,21)/t14-/m0/s1. The van der Waals surface area contributed by atoms with Gasteiger partial charge in [0.1, 0.15) is 5.69 Å². The highest BCUT2D eigenvalue weighted by molar-refractivity contribution is 7.89. The molecule has 1 aliphatic heterocycles. The van der Waals surface area contributed by atoms with Gasteiger partial charge in [0, 0.05) is 19.8 Å². The van der Waals surface area contributed by atoms with Crippen LogP contribution in [0.15, 0.2) is 12.1 Å². The van der Waals surface area contributed by atoms with Gasteiger partial charge in [-0.2, -0.15) is 0 Å². The Balaban J connectivity index is 2.09. The summed E-state index contributed by atoms with van der Waals surface area (Å²) >= 11 is 0. The summed E-state index contributed by atoms with van der Waals surface area (Å²) in [6.45, 7) is 1.71. The summed E-state index contributed by atoms with van der Waals surface area (Å²) in [5.74, 6) is 0.0507. The van der Waals surface area contributed by atoms with Gasteiger partial charge in [0.05, 0.1) is 11.8 Å². The monoisotopic (exact) mass is 356 g/mol. The van der Waals surface area contributed by atoms with Gasteiger partial charge in [-0.15, -0.1) is 0 Å². The molecule has 0 saturated carbocycles. The van der Waals surface area contributed by atoms with Crippen molar-refractivity contribution in [2.45, 2.75) is 31.7 Å². The molecule has 0 bridgehead atoms.